The molecule has 2 rings (SSSR count). The summed E-state index contributed by atoms with van der Waals surface area (Å²) in [5.74, 6) is -1.42. The van der Waals surface area contributed by atoms with Gasteiger partial charge >= 0.3 is 0 Å². The lowest BCUT2D eigenvalue weighted by molar-refractivity contribution is 0.0947. The minimum Gasteiger partial charge on any atom is -0.508 e. The van der Waals surface area contributed by atoms with Gasteiger partial charge < -0.3 is 10.4 Å². The van der Waals surface area contributed by atoms with Gasteiger partial charge in [-0.05, 0) is 29.7 Å². The number of phenolic OH excluding ortho intramolecular Hbond substituents is 1. The molecule has 3 nitrogen and oxygen atoms in total. The third kappa shape index (κ3) is 3.15. The molecule has 0 aliphatic carbocycles. The summed E-state index contributed by atoms with van der Waals surface area (Å²) in [6.45, 7) is 2.39. The standard InChI is InChI=1S/C16H16FNO2/c1-2-11-5-3-4-6-12(11)10-18-16(20)14-8-7-13(19)9-15(14)17/h3-9,19H,2,10H2,1H3,(H,18,20). The first-order valence-electron chi connectivity index (χ1n) is 6.45. The first kappa shape index (κ1) is 14.1. The summed E-state index contributed by atoms with van der Waals surface area (Å²) in [7, 11) is 0. The lowest BCUT2D eigenvalue weighted by atomic mass is 10.1. The van der Waals surface area contributed by atoms with Crippen LogP contribution in [0.15, 0.2) is 42.5 Å². The Morgan fingerprint density at radius 2 is 1.90 bits per heavy atom. The van der Waals surface area contributed by atoms with Crippen molar-refractivity contribution < 1.29 is 14.3 Å². The molecule has 0 radical (unpaired) electrons. The van der Waals surface area contributed by atoms with E-state index in [4.69, 9.17) is 5.11 Å². The van der Waals surface area contributed by atoms with Crippen LogP contribution in [0.25, 0.3) is 0 Å². The van der Waals surface area contributed by atoms with Crippen molar-refractivity contribution in [3.8, 4) is 5.75 Å². The molecule has 20 heavy (non-hydrogen) atoms. The zero-order valence-electron chi connectivity index (χ0n) is 11.2. The highest BCUT2D eigenvalue weighted by atomic mass is 19.1. The van der Waals surface area contributed by atoms with Gasteiger partial charge in [0.05, 0.1) is 5.56 Å². The van der Waals surface area contributed by atoms with Crippen molar-refractivity contribution in [2.24, 2.45) is 0 Å². The molecule has 0 aliphatic rings. The maximum Gasteiger partial charge on any atom is 0.254 e. The summed E-state index contributed by atoms with van der Waals surface area (Å²) in [5, 5.41) is 11.8. The van der Waals surface area contributed by atoms with Gasteiger partial charge in [0.15, 0.2) is 0 Å². The fraction of sp³-hybridized carbons (Fsp3) is 0.188. The van der Waals surface area contributed by atoms with Crippen LogP contribution >= 0.6 is 0 Å². The fourth-order valence-electron chi connectivity index (χ4n) is 2.03. The lowest BCUT2D eigenvalue weighted by Gasteiger charge is -2.10. The van der Waals surface area contributed by atoms with Gasteiger partial charge in [0, 0.05) is 12.6 Å². The summed E-state index contributed by atoms with van der Waals surface area (Å²) in [6.07, 6.45) is 0.875. The van der Waals surface area contributed by atoms with E-state index in [0.29, 0.717) is 6.54 Å². The molecule has 0 fully saturated rings. The Hall–Kier alpha value is -2.36. The van der Waals surface area contributed by atoms with Crippen LogP contribution in [0.1, 0.15) is 28.4 Å². The summed E-state index contributed by atoms with van der Waals surface area (Å²) < 4.78 is 13.6. The molecule has 0 saturated heterocycles. The average molecular weight is 273 g/mol. The zero-order valence-corrected chi connectivity index (χ0v) is 11.2. The molecule has 0 aliphatic heterocycles. The predicted molar refractivity (Wildman–Crippen MR) is 75.1 cm³/mol. The number of amides is 1. The third-order valence-corrected chi connectivity index (χ3v) is 3.14. The summed E-state index contributed by atoms with van der Waals surface area (Å²) >= 11 is 0. The van der Waals surface area contributed by atoms with Crippen molar-refractivity contribution in [3.05, 3.63) is 65.0 Å². The fourth-order valence-corrected chi connectivity index (χ4v) is 2.03. The molecule has 4 heteroatoms. The SMILES string of the molecule is CCc1ccccc1CNC(=O)c1ccc(O)cc1F. The molecule has 0 atom stereocenters. The molecular formula is C16H16FNO2. The van der Waals surface area contributed by atoms with Crippen LogP contribution in [0.2, 0.25) is 0 Å². The zero-order chi connectivity index (χ0) is 14.5. The second-order valence-electron chi connectivity index (χ2n) is 4.47. The quantitative estimate of drug-likeness (QED) is 0.899. The van der Waals surface area contributed by atoms with Gasteiger partial charge in [0.2, 0.25) is 0 Å². The van der Waals surface area contributed by atoms with E-state index in [1.807, 2.05) is 31.2 Å². The maximum atomic E-state index is 13.6. The van der Waals surface area contributed by atoms with Gasteiger partial charge in [-0.2, -0.15) is 0 Å². The van der Waals surface area contributed by atoms with Crippen molar-refractivity contribution in [1.82, 2.24) is 5.32 Å². The minimum absolute atomic E-state index is 0.0724. The average Bonchev–Trinajstić information content (AvgIpc) is 2.45. The van der Waals surface area contributed by atoms with Crippen LogP contribution in [-0.4, -0.2) is 11.0 Å². The minimum atomic E-state index is -0.730. The Kier molecular flexibility index (Phi) is 4.35. The van der Waals surface area contributed by atoms with E-state index in [9.17, 15) is 9.18 Å². The first-order chi connectivity index (χ1) is 9.61. The molecule has 0 aromatic heterocycles. The molecular weight excluding hydrogens is 257 g/mol. The molecule has 2 aromatic rings. The third-order valence-electron chi connectivity index (χ3n) is 3.14. The van der Waals surface area contributed by atoms with E-state index in [1.165, 1.54) is 12.1 Å². The Balaban J connectivity index is 2.09. The second-order valence-corrected chi connectivity index (χ2v) is 4.47. The smallest absolute Gasteiger partial charge is 0.254 e. The van der Waals surface area contributed by atoms with E-state index in [0.717, 1.165) is 23.6 Å². The van der Waals surface area contributed by atoms with Gasteiger partial charge in [0.25, 0.3) is 5.91 Å². The van der Waals surface area contributed by atoms with E-state index >= 15 is 0 Å². The van der Waals surface area contributed by atoms with Crippen molar-refractivity contribution in [1.29, 1.82) is 0 Å². The highest BCUT2D eigenvalue weighted by molar-refractivity contribution is 5.94. The van der Waals surface area contributed by atoms with E-state index in [-0.39, 0.29) is 11.3 Å². The van der Waals surface area contributed by atoms with Crippen LogP contribution in [-0.2, 0) is 13.0 Å². The number of phenols is 1. The van der Waals surface area contributed by atoms with Gasteiger partial charge in [-0.1, -0.05) is 31.2 Å². The van der Waals surface area contributed by atoms with Crippen molar-refractivity contribution >= 4 is 5.91 Å². The molecule has 2 N–H and O–H groups in total. The number of benzene rings is 2. The summed E-state index contributed by atoms with van der Waals surface area (Å²) in [4.78, 5) is 11.9. The number of halogens is 1. The number of aryl methyl sites for hydroxylation is 1. The van der Waals surface area contributed by atoms with E-state index in [1.54, 1.807) is 0 Å². The molecule has 104 valence electrons. The maximum absolute atomic E-state index is 13.6. The highest BCUT2D eigenvalue weighted by Gasteiger charge is 2.12. The van der Waals surface area contributed by atoms with Crippen molar-refractivity contribution in [2.45, 2.75) is 19.9 Å². The van der Waals surface area contributed by atoms with Crippen LogP contribution in [0.4, 0.5) is 4.39 Å². The van der Waals surface area contributed by atoms with Crippen LogP contribution in [0.3, 0.4) is 0 Å². The largest absolute Gasteiger partial charge is 0.508 e. The highest BCUT2D eigenvalue weighted by Crippen LogP contribution is 2.15. The topological polar surface area (TPSA) is 49.3 Å². The normalized spacial score (nSPS) is 10.3. The van der Waals surface area contributed by atoms with Crippen molar-refractivity contribution in [2.75, 3.05) is 0 Å². The molecule has 0 bridgehead atoms. The molecule has 0 unspecified atom stereocenters. The van der Waals surface area contributed by atoms with Gasteiger partial charge in [0.1, 0.15) is 11.6 Å². The first-order valence-corrected chi connectivity index (χ1v) is 6.45. The number of carbonyl (C=O) groups excluding carboxylic acids is 1. The van der Waals surface area contributed by atoms with Gasteiger partial charge in [-0.3, -0.25) is 4.79 Å². The van der Waals surface area contributed by atoms with E-state index in [2.05, 4.69) is 5.32 Å². The Morgan fingerprint density at radius 3 is 2.55 bits per heavy atom. The predicted octanol–water partition coefficient (Wildman–Crippen LogP) is 3.02. The van der Waals surface area contributed by atoms with Gasteiger partial charge in [-0.15, -0.1) is 0 Å². The Morgan fingerprint density at radius 1 is 1.20 bits per heavy atom. The number of hydrogen-bond acceptors (Lipinski definition) is 2. The van der Waals surface area contributed by atoms with Gasteiger partial charge in [-0.25, -0.2) is 4.39 Å². The summed E-state index contributed by atoms with van der Waals surface area (Å²) in [5.41, 5.74) is 2.10. The van der Waals surface area contributed by atoms with Crippen LogP contribution < -0.4 is 5.32 Å². The summed E-state index contributed by atoms with van der Waals surface area (Å²) in [6, 6.07) is 11.3. The molecule has 0 heterocycles. The van der Waals surface area contributed by atoms with Crippen molar-refractivity contribution in [3.63, 3.8) is 0 Å². The number of hydrogen-bond donors (Lipinski definition) is 2. The van der Waals surface area contributed by atoms with Crippen LogP contribution in [0, 0.1) is 5.82 Å². The molecule has 0 spiro atoms. The Bertz CT molecular complexity index is 626. The van der Waals surface area contributed by atoms with E-state index < -0.39 is 11.7 Å². The Labute approximate surface area is 117 Å². The monoisotopic (exact) mass is 273 g/mol. The van der Waals surface area contributed by atoms with Crippen LogP contribution in [0.5, 0.6) is 5.75 Å². The number of aromatic hydroxyl groups is 1. The lowest BCUT2D eigenvalue weighted by Crippen LogP contribution is -2.24. The number of nitrogens with one attached hydrogen (secondary N) is 1. The second kappa shape index (κ2) is 6.19. The number of rotatable bonds is 4. The number of carbonyl (C=O) groups is 1. The molecule has 0 saturated carbocycles. The molecule has 2 aromatic carbocycles. The molecule has 1 amide bonds.